The van der Waals surface area contributed by atoms with Gasteiger partial charge in [0.05, 0.1) is 11.2 Å². The highest BCUT2D eigenvalue weighted by Gasteiger charge is 2.25. The molecule has 1 aliphatic carbocycles. The maximum absolute atomic E-state index is 15.5. The predicted octanol–water partition coefficient (Wildman–Crippen LogP) is 7.02. The van der Waals surface area contributed by atoms with Crippen LogP contribution in [0, 0.1) is 5.82 Å². The maximum Gasteiger partial charge on any atom is 0.155 e. The van der Waals surface area contributed by atoms with Gasteiger partial charge in [0, 0.05) is 29.4 Å². The number of nitrogens with one attached hydrogen (secondary N) is 1. The average molecular weight is 412 g/mol. The fourth-order valence-electron chi connectivity index (χ4n) is 4.78. The number of carbonyl (C=O) groups is 1. The SMILES string of the molecule is CCCCc1ccc(-c2ccc3c4c([nH]c3c2F)-c2ccc(CC(C)=O)cc2C4)cc1. The lowest BCUT2D eigenvalue weighted by Gasteiger charge is -2.08. The number of fused-ring (bicyclic) bond motifs is 5. The molecular weight excluding hydrogens is 385 g/mol. The molecule has 1 aliphatic rings. The van der Waals surface area contributed by atoms with Crippen molar-refractivity contribution in [2.24, 2.45) is 0 Å². The molecule has 0 aliphatic heterocycles. The number of rotatable bonds is 6. The van der Waals surface area contributed by atoms with Gasteiger partial charge in [0.25, 0.3) is 0 Å². The molecule has 156 valence electrons. The number of carbonyl (C=O) groups excluding carboxylic acids is 1. The van der Waals surface area contributed by atoms with Crippen LogP contribution in [0.3, 0.4) is 0 Å². The first-order chi connectivity index (χ1) is 15.0. The van der Waals surface area contributed by atoms with Gasteiger partial charge in [-0.2, -0.15) is 0 Å². The standard InChI is InChI=1S/C28H26FNO/c1-3-4-5-18-6-9-20(10-7-18)22-12-13-24-25-16-21-15-19(14-17(2)31)8-11-23(21)27(25)30-28(24)26(22)29/h6-13,15,30H,3-5,14,16H2,1-2H3. The number of Topliss-reactive ketones (excluding diaryl/α,β-unsaturated/α-hetero) is 1. The topological polar surface area (TPSA) is 32.9 Å². The Balaban J connectivity index is 1.51. The summed E-state index contributed by atoms with van der Waals surface area (Å²) >= 11 is 0. The fraction of sp³-hybridized carbons (Fsp3) is 0.250. The molecule has 0 saturated heterocycles. The Morgan fingerprint density at radius 2 is 1.74 bits per heavy atom. The summed E-state index contributed by atoms with van der Waals surface area (Å²) in [6, 6.07) is 18.4. The van der Waals surface area contributed by atoms with Crippen molar-refractivity contribution >= 4 is 16.7 Å². The molecule has 0 unspecified atom stereocenters. The van der Waals surface area contributed by atoms with Crippen LogP contribution in [0.15, 0.2) is 54.6 Å². The number of H-pyrrole nitrogens is 1. The molecule has 1 N–H and O–H groups in total. The van der Waals surface area contributed by atoms with Gasteiger partial charge in [-0.1, -0.05) is 67.9 Å². The van der Waals surface area contributed by atoms with E-state index in [-0.39, 0.29) is 11.6 Å². The molecule has 0 atom stereocenters. The van der Waals surface area contributed by atoms with Crippen LogP contribution < -0.4 is 0 Å². The van der Waals surface area contributed by atoms with Crippen LogP contribution in [0.1, 0.15) is 48.9 Å². The number of aromatic amines is 1. The molecule has 3 aromatic carbocycles. The van der Waals surface area contributed by atoms with Crippen LogP contribution >= 0.6 is 0 Å². The van der Waals surface area contributed by atoms with Crippen LogP contribution in [0.2, 0.25) is 0 Å². The van der Waals surface area contributed by atoms with Crippen molar-refractivity contribution in [2.45, 2.75) is 46.0 Å². The van der Waals surface area contributed by atoms with Gasteiger partial charge in [-0.05, 0) is 47.6 Å². The first-order valence-electron chi connectivity index (χ1n) is 11.1. The maximum atomic E-state index is 15.5. The molecule has 0 spiro atoms. The number of unbranched alkanes of at least 4 members (excludes halogenated alkanes) is 1. The van der Waals surface area contributed by atoms with Crippen molar-refractivity contribution in [3.63, 3.8) is 0 Å². The lowest BCUT2D eigenvalue weighted by molar-refractivity contribution is -0.116. The van der Waals surface area contributed by atoms with Gasteiger partial charge in [-0.25, -0.2) is 4.39 Å². The number of benzene rings is 3. The third-order valence-corrected chi connectivity index (χ3v) is 6.36. The first-order valence-corrected chi connectivity index (χ1v) is 11.1. The minimum atomic E-state index is -0.192. The van der Waals surface area contributed by atoms with Crippen LogP contribution in [0.25, 0.3) is 33.3 Å². The summed E-state index contributed by atoms with van der Waals surface area (Å²) in [5, 5.41) is 0.945. The van der Waals surface area contributed by atoms with Gasteiger partial charge < -0.3 is 4.98 Å². The summed E-state index contributed by atoms with van der Waals surface area (Å²) in [6.45, 7) is 3.80. The Hall–Kier alpha value is -3.20. The zero-order valence-corrected chi connectivity index (χ0v) is 18.0. The van der Waals surface area contributed by atoms with E-state index in [4.69, 9.17) is 0 Å². The molecule has 0 amide bonds. The van der Waals surface area contributed by atoms with E-state index in [1.54, 1.807) is 6.92 Å². The lowest BCUT2D eigenvalue weighted by atomic mass is 9.99. The summed E-state index contributed by atoms with van der Waals surface area (Å²) in [6.07, 6.45) is 4.63. The zero-order valence-electron chi connectivity index (χ0n) is 18.0. The van der Waals surface area contributed by atoms with Crippen molar-refractivity contribution in [1.29, 1.82) is 0 Å². The molecule has 2 nitrogen and oxygen atoms in total. The van der Waals surface area contributed by atoms with Gasteiger partial charge in [0.15, 0.2) is 5.82 Å². The van der Waals surface area contributed by atoms with E-state index in [9.17, 15) is 4.79 Å². The van der Waals surface area contributed by atoms with E-state index in [0.29, 0.717) is 17.5 Å². The van der Waals surface area contributed by atoms with Crippen molar-refractivity contribution in [3.05, 3.63) is 82.7 Å². The molecule has 0 bridgehead atoms. The molecule has 1 heterocycles. The van der Waals surface area contributed by atoms with E-state index >= 15 is 4.39 Å². The monoisotopic (exact) mass is 411 g/mol. The summed E-state index contributed by atoms with van der Waals surface area (Å²) in [4.78, 5) is 14.8. The quantitative estimate of drug-likeness (QED) is 0.320. The second-order valence-corrected chi connectivity index (χ2v) is 8.68. The Morgan fingerprint density at radius 1 is 1.00 bits per heavy atom. The van der Waals surface area contributed by atoms with Gasteiger partial charge >= 0.3 is 0 Å². The molecule has 31 heavy (non-hydrogen) atoms. The number of ketones is 1. The number of hydrogen-bond acceptors (Lipinski definition) is 1. The van der Waals surface area contributed by atoms with Crippen molar-refractivity contribution in [1.82, 2.24) is 4.98 Å². The van der Waals surface area contributed by atoms with E-state index in [0.717, 1.165) is 46.2 Å². The molecule has 0 saturated carbocycles. The van der Waals surface area contributed by atoms with Crippen LogP contribution in [-0.4, -0.2) is 10.8 Å². The largest absolute Gasteiger partial charge is 0.352 e. The summed E-state index contributed by atoms with van der Waals surface area (Å²) < 4.78 is 15.5. The predicted molar refractivity (Wildman–Crippen MR) is 125 cm³/mol. The summed E-state index contributed by atoms with van der Waals surface area (Å²) in [5.41, 5.74) is 8.92. The van der Waals surface area contributed by atoms with E-state index in [1.165, 1.54) is 24.0 Å². The Bertz CT molecular complexity index is 1300. The molecule has 0 fully saturated rings. The third-order valence-electron chi connectivity index (χ3n) is 6.36. The zero-order chi connectivity index (χ0) is 21.5. The summed E-state index contributed by atoms with van der Waals surface area (Å²) in [5.74, 6) is -0.0297. The average Bonchev–Trinajstić information content (AvgIpc) is 3.29. The number of aryl methyl sites for hydroxylation is 1. The Morgan fingerprint density at radius 3 is 2.48 bits per heavy atom. The van der Waals surface area contributed by atoms with Crippen LogP contribution in [0.5, 0.6) is 0 Å². The molecule has 0 radical (unpaired) electrons. The third kappa shape index (κ3) is 3.48. The highest BCUT2D eigenvalue weighted by atomic mass is 19.1. The molecular formula is C28H26FNO. The lowest BCUT2D eigenvalue weighted by Crippen LogP contribution is -1.97. The van der Waals surface area contributed by atoms with E-state index in [1.807, 2.05) is 30.3 Å². The van der Waals surface area contributed by atoms with E-state index in [2.05, 4.69) is 36.2 Å². The molecule has 4 aromatic rings. The minimum Gasteiger partial charge on any atom is -0.352 e. The van der Waals surface area contributed by atoms with Crippen molar-refractivity contribution in [2.75, 3.05) is 0 Å². The number of halogens is 1. The molecule has 3 heteroatoms. The molecule has 1 aromatic heterocycles. The van der Waals surface area contributed by atoms with Crippen molar-refractivity contribution < 1.29 is 9.18 Å². The van der Waals surface area contributed by atoms with Crippen LogP contribution in [0.4, 0.5) is 4.39 Å². The van der Waals surface area contributed by atoms with E-state index < -0.39 is 0 Å². The second-order valence-electron chi connectivity index (χ2n) is 8.68. The highest BCUT2D eigenvalue weighted by Crippen LogP contribution is 2.42. The summed E-state index contributed by atoms with van der Waals surface area (Å²) in [7, 11) is 0. The van der Waals surface area contributed by atoms with Gasteiger partial charge in [0.2, 0.25) is 0 Å². The van der Waals surface area contributed by atoms with Gasteiger partial charge in [-0.3, -0.25) is 4.79 Å². The first kappa shape index (κ1) is 19.7. The van der Waals surface area contributed by atoms with Gasteiger partial charge in [-0.15, -0.1) is 0 Å². The number of aromatic nitrogens is 1. The fourth-order valence-corrected chi connectivity index (χ4v) is 4.78. The Kier molecular flexibility index (Phi) is 4.97. The van der Waals surface area contributed by atoms with Crippen LogP contribution in [-0.2, 0) is 24.1 Å². The normalized spacial score (nSPS) is 12.2. The smallest absolute Gasteiger partial charge is 0.155 e. The van der Waals surface area contributed by atoms with Crippen molar-refractivity contribution in [3.8, 4) is 22.4 Å². The second kappa shape index (κ2) is 7.81. The number of hydrogen-bond donors (Lipinski definition) is 1. The van der Waals surface area contributed by atoms with Gasteiger partial charge in [0.1, 0.15) is 5.78 Å². The minimum absolute atomic E-state index is 0.162. The highest BCUT2D eigenvalue weighted by molar-refractivity contribution is 5.97. The Labute approximate surface area is 182 Å². The molecule has 5 rings (SSSR count).